The number of fused-ring (bicyclic) bond motifs is 1. The summed E-state index contributed by atoms with van der Waals surface area (Å²) < 4.78 is 6.47. The first-order valence-corrected chi connectivity index (χ1v) is 8.21. The molecule has 2 heterocycles. The van der Waals surface area contributed by atoms with E-state index in [1.807, 2.05) is 12.1 Å². The molecule has 1 saturated heterocycles. The Morgan fingerprint density at radius 3 is 3.00 bits per heavy atom. The number of nitrogens with two attached hydrogens (primary N) is 1. The number of nitrogens with zero attached hydrogens (tertiary/aromatic N) is 2. The van der Waals surface area contributed by atoms with E-state index >= 15 is 0 Å². The van der Waals surface area contributed by atoms with E-state index in [-0.39, 0.29) is 5.41 Å². The second-order valence-electron chi connectivity index (χ2n) is 6.54. The number of hydrogen-bond acceptors (Lipinski definition) is 5. The summed E-state index contributed by atoms with van der Waals surface area (Å²) in [5.74, 6) is 0.891. The third kappa shape index (κ3) is 3.05. The van der Waals surface area contributed by atoms with Crippen molar-refractivity contribution in [2.24, 2.45) is 11.1 Å². The third-order valence-electron chi connectivity index (χ3n) is 4.39. The maximum Gasteiger partial charge on any atom is 0.120 e. The van der Waals surface area contributed by atoms with Gasteiger partial charge in [0.1, 0.15) is 10.8 Å². The van der Waals surface area contributed by atoms with Gasteiger partial charge in [0.05, 0.1) is 23.9 Å². The van der Waals surface area contributed by atoms with Crippen molar-refractivity contribution in [3.8, 4) is 5.75 Å². The Morgan fingerprint density at radius 1 is 1.48 bits per heavy atom. The molecule has 1 aliphatic rings. The van der Waals surface area contributed by atoms with Crippen LogP contribution >= 0.6 is 11.3 Å². The number of aromatic nitrogens is 1. The Balaban J connectivity index is 1.76. The zero-order valence-corrected chi connectivity index (χ0v) is 13.7. The summed E-state index contributed by atoms with van der Waals surface area (Å²) in [5.41, 5.74) is 7.45. The molecule has 5 heteroatoms. The van der Waals surface area contributed by atoms with Crippen LogP contribution < -0.4 is 10.5 Å². The van der Waals surface area contributed by atoms with Crippen LogP contribution in [0, 0.1) is 5.41 Å². The number of ether oxygens (including phenoxy) is 1. The molecule has 2 N–H and O–H groups in total. The normalized spacial score (nSPS) is 22.6. The number of likely N-dealkylation sites (tertiary alicyclic amines) is 1. The highest BCUT2D eigenvalue weighted by Crippen LogP contribution is 2.31. The van der Waals surface area contributed by atoms with Gasteiger partial charge in [0.15, 0.2) is 0 Å². The predicted octanol–water partition coefficient (Wildman–Crippen LogP) is 2.86. The van der Waals surface area contributed by atoms with Gasteiger partial charge in [0.2, 0.25) is 0 Å². The highest BCUT2D eigenvalue weighted by Gasteiger charge is 2.33. The Bertz CT molecular complexity index is 637. The molecule has 2 aromatic rings. The van der Waals surface area contributed by atoms with Crippen LogP contribution in [0.15, 0.2) is 18.2 Å². The molecule has 0 aliphatic carbocycles. The summed E-state index contributed by atoms with van der Waals surface area (Å²) in [6.45, 7) is 7.52. The maximum atomic E-state index is 6.21. The number of thiazole rings is 1. The van der Waals surface area contributed by atoms with Gasteiger partial charge in [0.25, 0.3) is 0 Å². The van der Waals surface area contributed by atoms with Crippen LogP contribution in [-0.4, -0.2) is 36.1 Å². The fraction of sp³-hybridized carbons (Fsp3) is 0.562. The topological polar surface area (TPSA) is 51.4 Å². The van der Waals surface area contributed by atoms with Crippen molar-refractivity contribution in [3.05, 3.63) is 23.2 Å². The fourth-order valence-corrected chi connectivity index (χ4v) is 4.00. The monoisotopic (exact) mass is 305 g/mol. The van der Waals surface area contributed by atoms with E-state index in [9.17, 15) is 0 Å². The highest BCUT2D eigenvalue weighted by molar-refractivity contribution is 7.18. The standard InChI is InChI=1S/C16H23N3OS/c1-16(2)10-19(7-6-14(16)17)9-15-18-12-5-4-11(20-3)8-13(12)21-15/h4-5,8,14H,6-7,9-10,17H2,1-3H3. The molecule has 4 nitrogen and oxygen atoms in total. The molecule has 1 fully saturated rings. The van der Waals surface area contributed by atoms with Crippen molar-refractivity contribution < 1.29 is 4.74 Å². The molecule has 1 aromatic carbocycles. The van der Waals surface area contributed by atoms with Gasteiger partial charge in [-0.2, -0.15) is 0 Å². The molecule has 1 unspecified atom stereocenters. The van der Waals surface area contributed by atoms with E-state index in [1.165, 1.54) is 9.71 Å². The van der Waals surface area contributed by atoms with Gasteiger partial charge in [-0.25, -0.2) is 4.98 Å². The molecular weight excluding hydrogens is 282 g/mol. The first kappa shape index (κ1) is 14.8. The molecule has 1 aliphatic heterocycles. The lowest BCUT2D eigenvalue weighted by Gasteiger charge is -2.42. The number of benzene rings is 1. The van der Waals surface area contributed by atoms with Crippen molar-refractivity contribution in [2.45, 2.75) is 32.9 Å². The largest absolute Gasteiger partial charge is 0.497 e. The summed E-state index contributed by atoms with van der Waals surface area (Å²) in [6, 6.07) is 6.36. The maximum absolute atomic E-state index is 6.21. The van der Waals surface area contributed by atoms with E-state index < -0.39 is 0 Å². The quantitative estimate of drug-likeness (QED) is 0.947. The van der Waals surface area contributed by atoms with Crippen LogP contribution in [0.4, 0.5) is 0 Å². The van der Waals surface area contributed by atoms with E-state index in [0.717, 1.165) is 37.3 Å². The summed E-state index contributed by atoms with van der Waals surface area (Å²) >= 11 is 1.76. The van der Waals surface area contributed by atoms with Crippen LogP contribution in [0.3, 0.4) is 0 Å². The third-order valence-corrected chi connectivity index (χ3v) is 5.39. The first-order valence-electron chi connectivity index (χ1n) is 7.39. The van der Waals surface area contributed by atoms with Crippen molar-refractivity contribution in [3.63, 3.8) is 0 Å². The zero-order chi connectivity index (χ0) is 15.0. The van der Waals surface area contributed by atoms with Gasteiger partial charge in [0, 0.05) is 19.1 Å². The summed E-state index contributed by atoms with van der Waals surface area (Å²) in [4.78, 5) is 7.21. The second kappa shape index (κ2) is 5.55. The van der Waals surface area contributed by atoms with Gasteiger partial charge in [-0.1, -0.05) is 13.8 Å². The van der Waals surface area contributed by atoms with Gasteiger partial charge < -0.3 is 10.5 Å². The van der Waals surface area contributed by atoms with Crippen LogP contribution in [0.1, 0.15) is 25.3 Å². The predicted molar refractivity (Wildman–Crippen MR) is 87.8 cm³/mol. The van der Waals surface area contributed by atoms with Crippen molar-refractivity contribution in [1.82, 2.24) is 9.88 Å². The number of rotatable bonds is 3. The Kier molecular flexibility index (Phi) is 3.90. The van der Waals surface area contributed by atoms with Gasteiger partial charge >= 0.3 is 0 Å². The van der Waals surface area contributed by atoms with Crippen LogP contribution in [-0.2, 0) is 6.54 Å². The van der Waals surface area contributed by atoms with E-state index in [4.69, 9.17) is 15.5 Å². The molecule has 0 spiro atoms. The molecule has 0 amide bonds. The Labute approximate surface area is 129 Å². The average molecular weight is 305 g/mol. The highest BCUT2D eigenvalue weighted by atomic mass is 32.1. The van der Waals surface area contributed by atoms with Crippen LogP contribution in [0.25, 0.3) is 10.2 Å². The number of piperidine rings is 1. The SMILES string of the molecule is COc1ccc2nc(CN3CCC(N)C(C)(C)C3)sc2c1. The van der Waals surface area contributed by atoms with Crippen LogP contribution in [0.5, 0.6) is 5.75 Å². The Hall–Kier alpha value is -1.17. The summed E-state index contributed by atoms with van der Waals surface area (Å²) in [5, 5.41) is 1.17. The minimum absolute atomic E-state index is 0.179. The van der Waals surface area contributed by atoms with E-state index in [1.54, 1.807) is 18.4 Å². The molecule has 114 valence electrons. The molecule has 1 aromatic heterocycles. The fourth-order valence-electron chi connectivity index (χ4n) is 2.96. The lowest BCUT2D eigenvalue weighted by molar-refractivity contribution is 0.0899. The lowest BCUT2D eigenvalue weighted by Crippen LogP contribution is -2.52. The second-order valence-corrected chi connectivity index (χ2v) is 7.65. The van der Waals surface area contributed by atoms with E-state index in [2.05, 4.69) is 24.8 Å². The first-order chi connectivity index (χ1) is 9.98. The minimum atomic E-state index is 0.179. The molecular formula is C16H23N3OS. The summed E-state index contributed by atoms with van der Waals surface area (Å²) in [7, 11) is 1.70. The molecule has 21 heavy (non-hydrogen) atoms. The average Bonchev–Trinajstić information content (AvgIpc) is 2.83. The number of methoxy groups -OCH3 is 1. The Morgan fingerprint density at radius 2 is 2.29 bits per heavy atom. The smallest absolute Gasteiger partial charge is 0.120 e. The minimum Gasteiger partial charge on any atom is -0.497 e. The van der Waals surface area contributed by atoms with Crippen LogP contribution in [0.2, 0.25) is 0 Å². The number of hydrogen-bond donors (Lipinski definition) is 1. The van der Waals surface area contributed by atoms with Crippen molar-refractivity contribution >= 4 is 21.6 Å². The van der Waals surface area contributed by atoms with E-state index in [0.29, 0.717) is 6.04 Å². The summed E-state index contributed by atoms with van der Waals surface area (Å²) in [6.07, 6.45) is 1.06. The van der Waals surface area contributed by atoms with Gasteiger partial charge in [-0.3, -0.25) is 4.90 Å². The molecule has 1 atom stereocenters. The molecule has 3 rings (SSSR count). The van der Waals surface area contributed by atoms with Gasteiger partial charge in [-0.05, 0) is 30.0 Å². The van der Waals surface area contributed by atoms with Crippen molar-refractivity contribution in [1.29, 1.82) is 0 Å². The molecule has 0 saturated carbocycles. The van der Waals surface area contributed by atoms with Crippen molar-refractivity contribution in [2.75, 3.05) is 20.2 Å². The van der Waals surface area contributed by atoms with Gasteiger partial charge in [-0.15, -0.1) is 11.3 Å². The molecule has 0 bridgehead atoms. The lowest BCUT2D eigenvalue weighted by atomic mass is 9.80. The zero-order valence-electron chi connectivity index (χ0n) is 12.9. The molecule has 0 radical (unpaired) electrons.